The minimum Gasteiger partial charge on any atom is -0.495 e. The standard InChI is InChI=1S/C8H8ClF2NO2/c1-13-5-2-6(9)8(12-3-5)14-4-7(10)11/h2-3,7H,4H2,1H3. The fraction of sp³-hybridized carbons (Fsp3) is 0.375. The summed E-state index contributed by atoms with van der Waals surface area (Å²) in [6.07, 6.45) is -1.21. The van der Waals surface area contributed by atoms with Gasteiger partial charge in [-0.15, -0.1) is 0 Å². The highest BCUT2D eigenvalue weighted by atomic mass is 35.5. The van der Waals surface area contributed by atoms with Crippen LogP contribution in [0.5, 0.6) is 11.6 Å². The Hall–Kier alpha value is -1.10. The van der Waals surface area contributed by atoms with Gasteiger partial charge in [-0.05, 0) is 0 Å². The van der Waals surface area contributed by atoms with E-state index in [1.165, 1.54) is 19.4 Å². The van der Waals surface area contributed by atoms with Gasteiger partial charge in [-0.1, -0.05) is 11.6 Å². The maximum Gasteiger partial charge on any atom is 0.272 e. The van der Waals surface area contributed by atoms with Gasteiger partial charge in [0.1, 0.15) is 10.8 Å². The highest BCUT2D eigenvalue weighted by Crippen LogP contribution is 2.25. The van der Waals surface area contributed by atoms with Crippen molar-refractivity contribution >= 4 is 11.6 Å². The van der Waals surface area contributed by atoms with Crippen molar-refractivity contribution in [3.8, 4) is 11.6 Å². The van der Waals surface area contributed by atoms with Crippen LogP contribution in [0.2, 0.25) is 5.02 Å². The fourth-order valence-corrected chi connectivity index (χ4v) is 0.978. The number of aromatic nitrogens is 1. The maximum absolute atomic E-state index is 11.8. The molecule has 14 heavy (non-hydrogen) atoms. The largest absolute Gasteiger partial charge is 0.495 e. The lowest BCUT2D eigenvalue weighted by atomic mass is 10.4. The van der Waals surface area contributed by atoms with Gasteiger partial charge in [-0.2, -0.15) is 0 Å². The Kier molecular flexibility index (Phi) is 3.88. The van der Waals surface area contributed by atoms with Crippen molar-refractivity contribution in [2.75, 3.05) is 13.7 Å². The first kappa shape index (κ1) is 11.0. The van der Waals surface area contributed by atoms with Gasteiger partial charge >= 0.3 is 0 Å². The van der Waals surface area contributed by atoms with Crippen molar-refractivity contribution in [3.63, 3.8) is 0 Å². The van der Waals surface area contributed by atoms with E-state index in [4.69, 9.17) is 16.3 Å². The predicted molar refractivity (Wildman–Crippen MR) is 47.3 cm³/mol. The van der Waals surface area contributed by atoms with Crippen molar-refractivity contribution in [3.05, 3.63) is 17.3 Å². The van der Waals surface area contributed by atoms with Crippen molar-refractivity contribution < 1.29 is 18.3 Å². The van der Waals surface area contributed by atoms with Crippen LogP contribution in [0.25, 0.3) is 0 Å². The van der Waals surface area contributed by atoms with Crippen LogP contribution in [0.4, 0.5) is 8.78 Å². The molecule has 0 aliphatic heterocycles. The van der Waals surface area contributed by atoms with Crippen molar-refractivity contribution in [2.24, 2.45) is 0 Å². The van der Waals surface area contributed by atoms with Crippen LogP contribution >= 0.6 is 11.6 Å². The number of nitrogens with zero attached hydrogens (tertiary/aromatic N) is 1. The van der Waals surface area contributed by atoms with E-state index in [0.717, 1.165) is 0 Å². The van der Waals surface area contributed by atoms with Gasteiger partial charge in [0.15, 0.2) is 6.61 Å². The molecule has 0 saturated carbocycles. The van der Waals surface area contributed by atoms with E-state index in [1.54, 1.807) is 0 Å². The maximum atomic E-state index is 11.8. The van der Waals surface area contributed by atoms with Crippen LogP contribution < -0.4 is 9.47 Å². The lowest BCUT2D eigenvalue weighted by molar-refractivity contribution is 0.0796. The van der Waals surface area contributed by atoms with Crippen LogP contribution in [-0.4, -0.2) is 25.1 Å². The molecular weight excluding hydrogens is 216 g/mol. The van der Waals surface area contributed by atoms with E-state index in [-0.39, 0.29) is 10.9 Å². The van der Waals surface area contributed by atoms with Crippen LogP contribution in [0.15, 0.2) is 12.3 Å². The molecule has 1 aromatic heterocycles. The molecule has 0 aromatic carbocycles. The minimum absolute atomic E-state index is 0.0206. The zero-order valence-electron chi connectivity index (χ0n) is 7.34. The van der Waals surface area contributed by atoms with Gasteiger partial charge in [0, 0.05) is 6.07 Å². The van der Waals surface area contributed by atoms with Gasteiger partial charge in [0.05, 0.1) is 13.3 Å². The number of pyridine rings is 1. The average molecular weight is 224 g/mol. The van der Waals surface area contributed by atoms with E-state index in [9.17, 15) is 8.78 Å². The zero-order chi connectivity index (χ0) is 10.6. The molecule has 0 bridgehead atoms. The number of rotatable bonds is 4. The Morgan fingerprint density at radius 3 is 2.79 bits per heavy atom. The molecule has 1 aromatic rings. The third kappa shape index (κ3) is 2.99. The van der Waals surface area contributed by atoms with Gasteiger partial charge in [0.25, 0.3) is 6.43 Å². The van der Waals surface area contributed by atoms with E-state index < -0.39 is 13.0 Å². The fourth-order valence-electron chi connectivity index (χ4n) is 0.768. The Balaban J connectivity index is 2.69. The summed E-state index contributed by atoms with van der Waals surface area (Å²) in [6, 6.07) is 1.44. The summed E-state index contributed by atoms with van der Waals surface area (Å²) in [5, 5.41) is 0.144. The number of hydrogen-bond acceptors (Lipinski definition) is 3. The summed E-state index contributed by atoms with van der Waals surface area (Å²) < 4.78 is 33.0. The quantitative estimate of drug-likeness (QED) is 0.786. The normalized spacial score (nSPS) is 10.4. The highest BCUT2D eigenvalue weighted by Gasteiger charge is 2.08. The second kappa shape index (κ2) is 4.95. The molecule has 0 radical (unpaired) electrons. The van der Waals surface area contributed by atoms with Gasteiger partial charge in [0.2, 0.25) is 5.88 Å². The molecule has 1 heterocycles. The Morgan fingerprint density at radius 2 is 2.29 bits per heavy atom. The van der Waals surface area contributed by atoms with Crippen LogP contribution in [-0.2, 0) is 0 Å². The first-order chi connectivity index (χ1) is 6.63. The number of halogens is 3. The molecule has 0 aliphatic rings. The SMILES string of the molecule is COc1cnc(OCC(F)F)c(Cl)c1. The summed E-state index contributed by atoms with van der Waals surface area (Å²) in [5.41, 5.74) is 0. The molecular formula is C8H8ClF2NO2. The molecule has 0 aliphatic carbocycles. The summed E-state index contributed by atoms with van der Waals surface area (Å²) >= 11 is 5.68. The second-order valence-electron chi connectivity index (χ2n) is 2.36. The second-order valence-corrected chi connectivity index (χ2v) is 2.77. The number of alkyl halides is 2. The molecule has 1 rings (SSSR count). The van der Waals surface area contributed by atoms with E-state index in [2.05, 4.69) is 9.72 Å². The molecule has 78 valence electrons. The third-order valence-electron chi connectivity index (χ3n) is 1.36. The topological polar surface area (TPSA) is 31.4 Å². The molecule has 6 heteroatoms. The molecule has 0 atom stereocenters. The van der Waals surface area contributed by atoms with Crippen LogP contribution in [0.1, 0.15) is 0 Å². The van der Waals surface area contributed by atoms with Crippen LogP contribution in [0, 0.1) is 0 Å². The van der Waals surface area contributed by atoms with E-state index >= 15 is 0 Å². The third-order valence-corrected chi connectivity index (χ3v) is 1.63. The lowest BCUT2D eigenvalue weighted by Gasteiger charge is -2.06. The van der Waals surface area contributed by atoms with Gasteiger partial charge in [-0.25, -0.2) is 13.8 Å². The number of ether oxygens (including phenoxy) is 2. The molecule has 0 unspecified atom stereocenters. The Labute approximate surface area is 84.6 Å². The summed E-state index contributed by atoms with van der Waals surface area (Å²) in [4.78, 5) is 3.71. The Bertz CT molecular complexity index is 309. The average Bonchev–Trinajstić information content (AvgIpc) is 2.15. The number of methoxy groups -OCH3 is 1. The molecule has 0 amide bonds. The monoisotopic (exact) mass is 223 g/mol. The smallest absolute Gasteiger partial charge is 0.272 e. The lowest BCUT2D eigenvalue weighted by Crippen LogP contribution is -2.08. The summed E-state index contributed by atoms with van der Waals surface area (Å²) in [7, 11) is 1.45. The first-order valence-electron chi connectivity index (χ1n) is 3.74. The number of hydrogen-bond donors (Lipinski definition) is 0. The predicted octanol–water partition coefficient (Wildman–Crippen LogP) is 2.39. The molecule has 0 saturated heterocycles. The van der Waals surface area contributed by atoms with Gasteiger partial charge in [-0.3, -0.25) is 0 Å². The minimum atomic E-state index is -2.55. The molecule has 0 spiro atoms. The molecule has 0 N–H and O–H groups in total. The van der Waals surface area contributed by atoms with Gasteiger partial charge < -0.3 is 9.47 Å². The summed E-state index contributed by atoms with van der Waals surface area (Å²) in [5.74, 6) is 0.423. The highest BCUT2D eigenvalue weighted by molar-refractivity contribution is 6.31. The zero-order valence-corrected chi connectivity index (χ0v) is 8.09. The molecule has 0 fully saturated rings. The summed E-state index contributed by atoms with van der Waals surface area (Å²) in [6.45, 7) is -0.723. The van der Waals surface area contributed by atoms with Crippen molar-refractivity contribution in [1.29, 1.82) is 0 Å². The van der Waals surface area contributed by atoms with Crippen molar-refractivity contribution in [2.45, 2.75) is 6.43 Å². The molecule has 3 nitrogen and oxygen atoms in total. The van der Waals surface area contributed by atoms with Crippen LogP contribution in [0.3, 0.4) is 0 Å². The Morgan fingerprint density at radius 1 is 1.57 bits per heavy atom. The van der Waals surface area contributed by atoms with Crippen molar-refractivity contribution in [1.82, 2.24) is 4.98 Å². The van der Waals surface area contributed by atoms with E-state index in [1.807, 2.05) is 0 Å². The van der Waals surface area contributed by atoms with E-state index in [0.29, 0.717) is 5.75 Å². The first-order valence-corrected chi connectivity index (χ1v) is 4.11.